The smallest absolute Gasteiger partial charge is 0.151 e. The minimum Gasteiger partial charge on any atom is -0.394 e. The van der Waals surface area contributed by atoms with Gasteiger partial charge in [0.2, 0.25) is 0 Å². The van der Waals surface area contributed by atoms with E-state index in [4.69, 9.17) is 28.3 Å². The third-order valence-corrected chi connectivity index (χ3v) is 1.29. The summed E-state index contributed by atoms with van der Waals surface area (Å²) in [5.41, 5.74) is 0. The van der Waals surface area contributed by atoms with E-state index in [1.165, 1.54) is 0 Å². The normalized spacial score (nSPS) is 26.1. The van der Waals surface area contributed by atoms with Crippen LogP contribution in [0.4, 0.5) is 0 Å². The monoisotopic (exact) mass is 184 g/mol. The van der Waals surface area contributed by atoms with Crippen molar-refractivity contribution in [3.05, 3.63) is 0 Å². The molecule has 0 amide bonds. The fraction of sp³-hybridized carbons (Fsp3) is 0.833. The number of aldehydes is 1. The highest BCUT2D eigenvalue weighted by Crippen LogP contribution is 2.02. The highest BCUT2D eigenvalue weighted by Gasteiger charge is 2.29. The number of hydrogen-bond donors (Lipinski definition) is 5. The second kappa shape index (κ2) is 5.18. The third kappa shape index (κ3) is 2.84. The third-order valence-electron chi connectivity index (χ3n) is 1.29. The highest BCUT2D eigenvalue weighted by molar-refractivity contribution is 5.56. The molecule has 0 unspecified atom stereocenters. The van der Waals surface area contributed by atoms with E-state index in [0.717, 1.165) is 0 Å². The number of rotatable bonds is 5. The van der Waals surface area contributed by atoms with Gasteiger partial charge in [-0.2, -0.15) is 0 Å². The lowest BCUT2D eigenvalue weighted by Crippen LogP contribution is -2.46. The van der Waals surface area contributed by atoms with Crippen molar-refractivity contribution in [1.29, 1.82) is 0 Å². The molecular weight excluding hydrogens is 168 g/mol. The van der Waals surface area contributed by atoms with Crippen LogP contribution in [0.2, 0.25) is 0 Å². The van der Waals surface area contributed by atoms with E-state index >= 15 is 0 Å². The zero-order valence-corrected chi connectivity index (χ0v) is 6.08. The standard InChI is InChI=1S/C6H12O6/c7-1-3(9)5(11)6(12)4(10)2-8/h1,3-6,8-12H,2H2/t3-,4+,5+,6+/m0/s1/i1T,3T. The fourth-order valence-electron chi connectivity index (χ4n) is 0.541. The number of aliphatic hydroxyl groups excluding tert-OH is 4. The lowest BCUT2D eigenvalue weighted by Gasteiger charge is -2.22. The molecule has 0 aromatic heterocycles. The molecule has 0 aliphatic rings. The van der Waals surface area contributed by atoms with Crippen molar-refractivity contribution < 1.29 is 33.1 Å². The van der Waals surface area contributed by atoms with E-state index in [9.17, 15) is 4.79 Å². The molecule has 0 fully saturated rings. The van der Waals surface area contributed by atoms with E-state index in [2.05, 4.69) is 0 Å². The number of carbonyl (C=O) groups is 1. The van der Waals surface area contributed by atoms with Gasteiger partial charge in [-0.1, -0.05) is 0 Å². The van der Waals surface area contributed by atoms with Gasteiger partial charge < -0.3 is 30.3 Å². The van der Waals surface area contributed by atoms with Gasteiger partial charge in [0.05, 0.1) is 7.98 Å². The van der Waals surface area contributed by atoms with Gasteiger partial charge in [-0.05, 0) is 0 Å². The van der Waals surface area contributed by atoms with Crippen molar-refractivity contribution in [2.75, 3.05) is 6.61 Å². The first kappa shape index (κ1) is 8.09. The van der Waals surface area contributed by atoms with E-state index in [-0.39, 0.29) is 0 Å². The maximum absolute atomic E-state index is 10.3. The van der Waals surface area contributed by atoms with Gasteiger partial charge >= 0.3 is 0 Å². The quantitative estimate of drug-likeness (QED) is 0.284. The molecule has 0 aromatic carbocycles. The molecule has 0 saturated heterocycles. The summed E-state index contributed by atoms with van der Waals surface area (Å²) in [5.74, 6) is 0. The van der Waals surface area contributed by atoms with Gasteiger partial charge in [0.25, 0.3) is 0 Å². The highest BCUT2D eigenvalue weighted by atomic mass is 16.4. The average molecular weight is 184 g/mol. The maximum Gasteiger partial charge on any atom is 0.151 e. The molecule has 0 bridgehead atoms. The summed E-state index contributed by atoms with van der Waals surface area (Å²) >= 11 is 0. The first-order valence-corrected chi connectivity index (χ1v) is 3.13. The lowest BCUT2D eigenvalue weighted by atomic mass is 10.0. The van der Waals surface area contributed by atoms with Gasteiger partial charge in [0, 0.05) is 0 Å². The van der Waals surface area contributed by atoms with Crippen LogP contribution in [0.25, 0.3) is 0 Å². The second-order valence-electron chi connectivity index (χ2n) is 2.17. The van der Waals surface area contributed by atoms with Crippen LogP contribution in [-0.4, -0.2) is 62.8 Å². The Bertz CT molecular complexity index is 208. The van der Waals surface area contributed by atoms with Crippen molar-refractivity contribution in [2.24, 2.45) is 0 Å². The molecular formula is C6H12O6. The maximum atomic E-state index is 10.3. The molecule has 0 spiro atoms. The van der Waals surface area contributed by atoms with E-state index in [1.807, 2.05) is 0 Å². The summed E-state index contributed by atoms with van der Waals surface area (Å²) in [6, 6.07) is 0. The molecule has 5 N–H and O–H groups in total. The van der Waals surface area contributed by atoms with Crippen molar-refractivity contribution in [3.63, 3.8) is 0 Å². The Morgan fingerprint density at radius 1 is 1.33 bits per heavy atom. The van der Waals surface area contributed by atoms with Gasteiger partial charge in [-0.15, -0.1) is 0 Å². The number of hydrogen-bond acceptors (Lipinski definition) is 6. The molecule has 6 nitrogen and oxygen atoms in total. The van der Waals surface area contributed by atoms with Gasteiger partial charge in [-0.25, -0.2) is 0 Å². The van der Waals surface area contributed by atoms with Crippen LogP contribution in [0.1, 0.15) is 2.74 Å². The Kier molecular flexibility index (Phi) is 3.49. The van der Waals surface area contributed by atoms with Crippen LogP contribution < -0.4 is 0 Å². The molecule has 6 heteroatoms. The molecule has 0 aromatic rings. The molecule has 0 aliphatic carbocycles. The van der Waals surface area contributed by atoms with Crippen LogP contribution in [0.15, 0.2) is 0 Å². The van der Waals surface area contributed by atoms with Crippen molar-refractivity contribution in [1.82, 2.24) is 0 Å². The van der Waals surface area contributed by atoms with Crippen LogP contribution in [0, 0.1) is 0 Å². The summed E-state index contributed by atoms with van der Waals surface area (Å²) in [6.45, 7) is -0.916. The zero-order valence-electron chi connectivity index (χ0n) is 8.08. The van der Waals surface area contributed by atoms with Crippen molar-refractivity contribution in [3.8, 4) is 0 Å². The van der Waals surface area contributed by atoms with Gasteiger partial charge in [0.1, 0.15) is 25.8 Å². The van der Waals surface area contributed by atoms with Crippen LogP contribution in [-0.2, 0) is 4.79 Å². The first-order chi connectivity index (χ1) is 6.25. The minimum atomic E-state index is -3.23. The number of carbonyl (C=O) groups excluding carboxylic acids is 1. The summed E-state index contributed by atoms with van der Waals surface area (Å²) in [4.78, 5) is 10.3. The lowest BCUT2D eigenvalue weighted by molar-refractivity contribution is -0.136. The predicted octanol–water partition coefficient (Wildman–Crippen LogP) is -3.38. The molecule has 0 heterocycles. The Hall–Kier alpha value is -0.530. The van der Waals surface area contributed by atoms with Crippen LogP contribution >= 0.6 is 0 Å². The molecule has 12 heavy (non-hydrogen) atoms. The van der Waals surface area contributed by atoms with Gasteiger partial charge in [-0.3, -0.25) is 0 Å². The topological polar surface area (TPSA) is 118 Å². The fourth-order valence-corrected chi connectivity index (χ4v) is 0.541. The Morgan fingerprint density at radius 2 is 1.83 bits per heavy atom. The van der Waals surface area contributed by atoms with E-state index in [1.54, 1.807) is 0 Å². The SMILES string of the molecule is [3H]C(=O)[C@]([3H])(O)[C@@H](O)[C@H](O)[C@H](O)CO. The first-order valence-electron chi connectivity index (χ1n) is 4.13. The summed E-state index contributed by atoms with van der Waals surface area (Å²) in [7, 11) is 0. The molecule has 4 atom stereocenters. The minimum absolute atomic E-state index is 0.916. The van der Waals surface area contributed by atoms with Crippen molar-refractivity contribution >= 4 is 6.26 Å². The Labute approximate surface area is 71.5 Å². The summed E-state index contributed by atoms with van der Waals surface area (Å²) in [5, 5.41) is 44.1. The largest absolute Gasteiger partial charge is 0.394 e. The van der Waals surface area contributed by atoms with Crippen LogP contribution in [0.3, 0.4) is 0 Å². The van der Waals surface area contributed by atoms with Crippen LogP contribution in [0.5, 0.6) is 0 Å². The second-order valence-corrected chi connectivity index (χ2v) is 2.17. The van der Waals surface area contributed by atoms with Crippen molar-refractivity contribution in [2.45, 2.75) is 24.4 Å². The average Bonchev–Trinajstić information content (AvgIpc) is 2.13. The molecule has 0 aliphatic heterocycles. The van der Waals surface area contributed by atoms with E-state index < -0.39 is 37.3 Å². The number of aliphatic hydroxyl groups is 5. The Morgan fingerprint density at radius 3 is 2.17 bits per heavy atom. The molecule has 0 radical (unpaired) electrons. The molecule has 72 valence electrons. The molecule has 0 saturated carbocycles. The summed E-state index contributed by atoms with van der Waals surface area (Å²) < 4.78 is 13.2. The zero-order chi connectivity index (χ0) is 11.5. The predicted molar refractivity (Wildman–Crippen MR) is 37.2 cm³/mol. The Balaban J connectivity index is 4.60. The van der Waals surface area contributed by atoms with Gasteiger partial charge in [0.15, 0.2) is 6.26 Å². The summed E-state index contributed by atoms with van der Waals surface area (Å²) in [6.07, 6.45) is -11.3. The molecule has 0 rings (SSSR count). The van der Waals surface area contributed by atoms with E-state index in [0.29, 0.717) is 0 Å².